The number of Topliss-reactive ketones (excluding diaryl/α,β-unsaturated/α-hetero) is 1. The topological polar surface area (TPSA) is 54.5 Å². The number of ketones is 1. The fraction of sp³-hybridized carbons (Fsp3) is 0.909. The molecular formula is C11H21NO3S. The summed E-state index contributed by atoms with van der Waals surface area (Å²) in [5.41, 5.74) is 0. The van der Waals surface area contributed by atoms with E-state index in [2.05, 4.69) is 0 Å². The molecule has 4 nitrogen and oxygen atoms in total. The lowest BCUT2D eigenvalue weighted by Crippen LogP contribution is -2.41. The molecule has 0 saturated heterocycles. The van der Waals surface area contributed by atoms with Crippen LogP contribution in [-0.2, 0) is 14.8 Å². The summed E-state index contributed by atoms with van der Waals surface area (Å²) in [5, 5.41) is 0. The molecule has 0 aromatic carbocycles. The zero-order valence-electron chi connectivity index (χ0n) is 10.3. The van der Waals surface area contributed by atoms with E-state index in [4.69, 9.17) is 0 Å². The molecule has 0 amide bonds. The first-order valence-electron chi connectivity index (χ1n) is 5.80. The summed E-state index contributed by atoms with van der Waals surface area (Å²) in [6.07, 6.45) is 2.39. The number of hydrogen-bond donors (Lipinski definition) is 0. The van der Waals surface area contributed by atoms with Gasteiger partial charge in [-0.25, -0.2) is 12.7 Å². The van der Waals surface area contributed by atoms with Gasteiger partial charge in [0, 0.05) is 25.9 Å². The number of carbonyl (C=O) groups excluding carboxylic acids is 1. The first kappa shape index (κ1) is 13.6. The summed E-state index contributed by atoms with van der Waals surface area (Å²) >= 11 is 0. The molecule has 0 unspecified atom stereocenters. The van der Waals surface area contributed by atoms with E-state index in [1.807, 2.05) is 13.8 Å². The molecule has 1 fully saturated rings. The third-order valence-corrected chi connectivity index (χ3v) is 5.27. The van der Waals surface area contributed by atoms with Crippen molar-refractivity contribution in [2.75, 3.05) is 12.8 Å². The Morgan fingerprint density at radius 2 is 1.81 bits per heavy atom. The van der Waals surface area contributed by atoms with E-state index in [-0.39, 0.29) is 23.5 Å². The highest BCUT2D eigenvalue weighted by Gasteiger charge is 2.29. The first-order chi connectivity index (χ1) is 7.33. The van der Waals surface area contributed by atoms with Gasteiger partial charge in [-0.3, -0.25) is 4.79 Å². The van der Waals surface area contributed by atoms with E-state index in [9.17, 15) is 13.2 Å². The van der Waals surface area contributed by atoms with Crippen molar-refractivity contribution < 1.29 is 13.2 Å². The molecule has 1 rings (SSSR count). The minimum absolute atomic E-state index is 0.0152. The molecule has 1 saturated carbocycles. The fourth-order valence-corrected chi connectivity index (χ4v) is 3.80. The van der Waals surface area contributed by atoms with E-state index in [0.29, 0.717) is 25.7 Å². The van der Waals surface area contributed by atoms with Crippen LogP contribution in [0.1, 0.15) is 39.5 Å². The molecule has 0 atom stereocenters. The summed E-state index contributed by atoms with van der Waals surface area (Å²) in [7, 11) is -1.52. The van der Waals surface area contributed by atoms with Gasteiger partial charge in [0.15, 0.2) is 0 Å². The number of sulfonamides is 1. The summed E-state index contributed by atoms with van der Waals surface area (Å²) in [5.74, 6) is 0.581. The lowest BCUT2D eigenvalue weighted by atomic mass is 9.95. The van der Waals surface area contributed by atoms with Crippen LogP contribution >= 0.6 is 0 Å². The van der Waals surface area contributed by atoms with Gasteiger partial charge < -0.3 is 0 Å². The molecule has 0 bridgehead atoms. The Bertz CT molecular complexity index is 338. The second-order valence-electron chi connectivity index (χ2n) is 4.96. The van der Waals surface area contributed by atoms with Gasteiger partial charge in [0.1, 0.15) is 5.78 Å². The molecule has 1 aliphatic carbocycles. The van der Waals surface area contributed by atoms with Gasteiger partial charge in [0.2, 0.25) is 10.0 Å². The standard InChI is InChI=1S/C11H21NO3S/c1-9(2)8-16(14,15)12(3)10-4-6-11(13)7-5-10/h9-10H,4-8H2,1-3H3. The zero-order chi connectivity index (χ0) is 12.3. The minimum atomic E-state index is -3.15. The van der Waals surface area contributed by atoms with Crippen LogP contribution in [0.2, 0.25) is 0 Å². The molecule has 0 heterocycles. The van der Waals surface area contributed by atoms with Gasteiger partial charge in [-0.2, -0.15) is 0 Å². The zero-order valence-corrected chi connectivity index (χ0v) is 11.1. The molecule has 0 aliphatic heterocycles. The lowest BCUT2D eigenvalue weighted by Gasteiger charge is -2.30. The molecular weight excluding hydrogens is 226 g/mol. The van der Waals surface area contributed by atoms with E-state index in [1.54, 1.807) is 7.05 Å². The second kappa shape index (κ2) is 5.27. The maximum atomic E-state index is 12.0. The Balaban J connectivity index is 2.63. The lowest BCUT2D eigenvalue weighted by molar-refractivity contribution is -0.120. The molecule has 5 heteroatoms. The van der Waals surface area contributed by atoms with Crippen LogP contribution in [0.4, 0.5) is 0 Å². The van der Waals surface area contributed by atoms with Gasteiger partial charge in [0.05, 0.1) is 5.75 Å². The Labute approximate surface area is 98.1 Å². The van der Waals surface area contributed by atoms with Crippen LogP contribution in [0.25, 0.3) is 0 Å². The minimum Gasteiger partial charge on any atom is -0.300 e. The van der Waals surface area contributed by atoms with E-state index < -0.39 is 10.0 Å². The maximum absolute atomic E-state index is 12.0. The Kier molecular flexibility index (Phi) is 4.50. The average molecular weight is 247 g/mol. The first-order valence-corrected chi connectivity index (χ1v) is 7.41. The number of carbonyl (C=O) groups is 1. The van der Waals surface area contributed by atoms with Crippen LogP contribution < -0.4 is 0 Å². The van der Waals surface area contributed by atoms with Crippen LogP contribution in [0.5, 0.6) is 0 Å². The van der Waals surface area contributed by atoms with Crippen LogP contribution in [0.3, 0.4) is 0 Å². The second-order valence-corrected chi connectivity index (χ2v) is 7.03. The Morgan fingerprint density at radius 1 is 1.31 bits per heavy atom. The quantitative estimate of drug-likeness (QED) is 0.755. The van der Waals surface area contributed by atoms with Crippen molar-refractivity contribution in [1.82, 2.24) is 4.31 Å². The number of rotatable bonds is 4. The molecule has 0 aromatic heterocycles. The van der Waals surface area contributed by atoms with Crippen molar-refractivity contribution in [2.24, 2.45) is 5.92 Å². The van der Waals surface area contributed by atoms with Crippen LogP contribution in [-0.4, -0.2) is 37.3 Å². The summed E-state index contributed by atoms with van der Waals surface area (Å²) in [6.45, 7) is 3.80. The predicted octanol–water partition coefficient (Wildman–Crippen LogP) is 1.42. The number of hydrogen-bond acceptors (Lipinski definition) is 3. The molecule has 0 N–H and O–H groups in total. The Morgan fingerprint density at radius 3 is 2.25 bits per heavy atom. The summed E-state index contributed by atoms with van der Waals surface area (Å²) < 4.78 is 25.4. The highest BCUT2D eigenvalue weighted by molar-refractivity contribution is 7.89. The highest BCUT2D eigenvalue weighted by atomic mass is 32.2. The van der Waals surface area contributed by atoms with Gasteiger partial charge in [-0.05, 0) is 18.8 Å². The number of nitrogens with zero attached hydrogens (tertiary/aromatic N) is 1. The van der Waals surface area contributed by atoms with Crippen molar-refractivity contribution >= 4 is 15.8 Å². The van der Waals surface area contributed by atoms with Gasteiger partial charge in [-0.15, -0.1) is 0 Å². The largest absolute Gasteiger partial charge is 0.300 e. The molecule has 94 valence electrons. The maximum Gasteiger partial charge on any atom is 0.214 e. The predicted molar refractivity (Wildman–Crippen MR) is 63.7 cm³/mol. The normalized spacial score (nSPS) is 19.7. The molecule has 1 aliphatic rings. The third kappa shape index (κ3) is 3.56. The van der Waals surface area contributed by atoms with E-state index in [1.165, 1.54) is 4.31 Å². The van der Waals surface area contributed by atoms with E-state index in [0.717, 1.165) is 0 Å². The summed E-state index contributed by atoms with van der Waals surface area (Å²) in [6, 6.07) is 0.0152. The van der Waals surface area contributed by atoms with Gasteiger partial charge >= 0.3 is 0 Å². The highest BCUT2D eigenvalue weighted by Crippen LogP contribution is 2.22. The van der Waals surface area contributed by atoms with Crippen molar-refractivity contribution in [3.05, 3.63) is 0 Å². The van der Waals surface area contributed by atoms with E-state index >= 15 is 0 Å². The molecule has 0 radical (unpaired) electrons. The smallest absolute Gasteiger partial charge is 0.214 e. The molecule has 0 spiro atoms. The van der Waals surface area contributed by atoms with Gasteiger partial charge in [-0.1, -0.05) is 13.8 Å². The van der Waals surface area contributed by atoms with Crippen molar-refractivity contribution in [3.8, 4) is 0 Å². The Hall–Kier alpha value is -0.420. The van der Waals surface area contributed by atoms with Crippen LogP contribution in [0.15, 0.2) is 0 Å². The molecule has 0 aromatic rings. The fourth-order valence-electron chi connectivity index (χ4n) is 2.05. The van der Waals surface area contributed by atoms with Crippen LogP contribution in [0, 0.1) is 5.92 Å². The SMILES string of the molecule is CC(C)CS(=O)(=O)N(C)C1CCC(=O)CC1. The van der Waals surface area contributed by atoms with Crippen molar-refractivity contribution in [3.63, 3.8) is 0 Å². The monoisotopic (exact) mass is 247 g/mol. The molecule has 16 heavy (non-hydrogen) atoms. The van der Waals surface area contributed by atoms with Crippen molar-refractivity contribution in [1.29, 1.82) is 0 Å². The third-order valence-electron chi connectivity index (χ3n) is 3.01. The summed E-state index contributed by atoms with van der Waals surface area (Å²) in [4.78, 5) is 11.1. The van der Waals surface area contributed by atoms with Gasteiger partial charge in [0.25, 0.3) is 0 Å². The van der Waals surface area contributed by atoms with Crippen molar-refractivity contribution in [2.45, 2.75) is 45.6 Å². The average Bonchev–Trinajstić information content (AvgIpc) is 2.16.